The molecule has 2 aromatic heterocycles. The lowest BCUT2D eigenvalue weighted by atomic mass is 9.82. The van der Waals surface area contributed by atoms with Crippen LogP contribution in [-0.4, -0.2) is 26.0 Å². The molecule has 136 valence electrons. The predicted molar refractivity (Wildman–Crippen MR) is 95.8 cm³/mol. The van der Waals surface area contributed by atoms with Crippen molar-refractivity contribution in [1.29, 1.82) is 5.26 Å². The van der Waals surface area contributed by atoms with Crippen LogP contribution >= 0.6 is 0 Å². The molecule has 8 nitrogen and oxygen atoms in total. The summed E-state index contributed by atoms with van der Waals surface area (Å²) >= 11 is 0. The summed E-state index contributed by atoms with van der Waals surface area (Å²) in [4.78, 5) is 43.2. The van der Waals surface area contributed by atoms with Gasteiger partial charge >= 0.3 is 5.69 Å². The van der Waals surface area contributed by atoms with E-state index in [4.69, 9.17) is 0 Å². The van der Waals surface area contributed by atoms with Crippen molar-refractivity contribution >= 4 is 16.9 Å². The Hall–Kier alpha value is -2.95. The molecule has 0 unspecified atom stereocenters. The second-order valence-corrected chi connectivity index (χ2v) is 6.71. The van der Waals surface area contributed by atoms with Crippen LogP contribution in [0, 0.1) is 11.3 Å². The van der Waals surface area contributed by atoms with E-state index in [1.807, 2.05) is 6.92 Å². The third-order valence-corrected chi connectivity index (χ3v) is 4.82. The molecule has 0 atom stereocenters. The summed E-state index contributed by atoms with van der Waals surface area (Å²) in [5.74, 6) is -0.435. The van der Waals surface area contributed by atoms with Crippen LogP contribution in [0.25, 0.3) is 11.0 Å². The number of hydrogen-bond acceptors (Lipinski definition) is 5. The number of nitrogens with zero attached hydrogens (tertiary/aromatic N) is 3. The maximum atomic E-state index is 12.6. The van der Waals surface area contributed by atoms with Crippen molar-refractivity contribution in [3.05, 3.63) is 38.7 Å². The number of carbonyl (C=O) groups is 1. The molecule has 0 saturated heterocycles. The minimum Gasteiger partial charge on any atom is -0.334 e. The molecule has 26 heavy (non-hydrogen) atoms. The summed E-state index contributed by atoms with van der Waals surface area (Å²) < 4.78 is 1.39. The van der Waals surface area contributed by atoms with Gasteiger partial charge in [-0.3, -0.25) is 19.1 Å². The Kier molecular flexibility index (Phi) is 4.89. The standard InChI is InChI=1S/C18H21N5O3/c1-2-8-23-14-13(16(25)21-17(23)26)9-12(10-20-14)15(24)22-18(11-19)6-4-3-5-7-18/h9-10H,2-8H2,1H3,(H,22,24)(H,21,25,26). The first-order chi connectivity index (χ1) is 12.5. The molecule has 0 aromatic carbocycles. The molecule has 1 aliphatic rings. The lowest BCUT2D eigenvalue weighted by Gasteiger charge is -2.31. The Bertz CT molecular complexity index is 993. The van der Waals surface area contributed by atoms with Crippen molar-refractivity contribution in [2.24, 2.45) is 0 Å². The fraction of sp³-hybridized carbons (Fsp3) is 0.500. The van der Waals surface area contributed by atoms with Crippen LogP contribution in [0.5, 0.6) is 0 Å². The number of pyridine rings is 1. The maximum Gasteiger partial charge on any atom is 0.329 e. The zero-order valence-corrected chi connectivity index (χ0v) is 14.7. The van der Waals surface area contributed by atoms with E-state index in [0.717, 1.165) is 19.3 Å². The Balaban J connectivity index is 1.99. The number of amides is 1. The molecule has 2 aromatic rings. The van der Waals surface area contributed by atoms with E-state index in [1.54, 1.807) is 0 Å². The Morgan fingerprint density at radius 3 is 2.77 bits per heavy atom. The van der Waals surface area contributed by atoms with Gasteiger partial charge < -0.3 is 5.32 Å². The van der Waals surface area contributed by atoms with E-state index >= 15 is 0 Å². The number of fused-ring (bicyclic) bond motifs is 1. The number of hydrogen-bond donors (Lipinski definition) is 2. The van der Waals surface area contributed by atoms with Gasteiger partial charge in [-0.15, -0.1) is 0 Å². The largest absolute Gasteiger partial charge is 0.334 e. The number of H-pyrrole nitrogens is 1. The van der Waals surface area contributed by atoms with Crippen molar-refractivity contribution in [2.75, 3.05) is 0 Å². The predicted octanol–water partition coefficient (Wildman–Crippen LogP) is 1.45. The minimum absolute atomic E-state index is 0.181. The van der Waals surface area contributed by atoms with Crippen molar-refractivity contribution in [2.45, 2.75) is 57.5 Å². The number of rotatable bonds is 4. The highest BCUT2D eigenvalue weighted by molar-refractivity contribution is 5.97. The highest BCUT2D eigenvalue weighted by atomic mass is 16.2. The lowest BCUT2D eigenvalue weighted by molar-refractivity contribution is 0.0902. The summed E-state index contributed by atoms with van der Waals surface area (Å²) in [6.45, 7) is 2.33. The van der Waals surface area contributed by atoms with Crippen molar-refractivity contribution < 1.29 is 4.79 Å². The average Bonchev–Trinajstić information content (AvgIpc) is 2.65. The molecule has 0 bridgehead atoms. The molecule has 1 aliphatic carbocycles. The zero-order chi connectivity index (χ0) is 18.7. The second-order valence-electron chi connectivity index (χ2n) is 6.71. The molecule has 1 fully saturated rings. The van der Waals surface area contributed by atoms with E-state index in [2.05, 4.69) is 21.4 Å². The fourth-order valence-corrected chi connectivity index (χ4v) is 3.43. The number of aryl methyl sites for hydroxylation is 1. The van der Waals surface area contributed by atoms with Gasteiger partial charge in [-0.2, -0.15) is 5.26 Å². The van der Waals surface area contributed by atoms with Gasteiger partial charge in [-0.1, -0.05) is 26.2 Å². The molecule has 1 amide bonds. The summed E-state index contributed by atoms with van der Waals surface area (Å²) in [6.07, 6.45) is 6.13. The number of aromatic amines is 1. The molecule has 8 heteroatoms. The Morgan fingerprint density at radius 1 is 1.38 bits per heavy atom. The molecular weight excluding hydrogens is 334 g/mol. The Labute approximate surface area is 149 Å². The molecule has 0 radical (unpaired) electrons. The van der Waals surface area contributed by atoms with Crippen molar-refractivity contribution in [1.82, 2.24) is 19.9 Å². The van der Waals surface area contributed by atoms with Crippen LogP contribution in [0.4, 0.5) is 0 Å². The van der Waals surface area contributed by atoms with Gasteiger partial charge in [0, 0.05) is 12.7 Å². The van der Waals surface area contributed by atoms with Gasteiger partial charge in [0.2, 0.25) is 0 Å². The van der Waals surface area contributed by atoms with E-state index < -0.39 is 22.7 Å². The van der Waals surface area contributed by atoms with E-state index in [0.29, 0.717) is 25.8 Å². The Morgan fingerprint density at radius 2 is 2.12 bits per heavy atom. The van der Waals surface area contributed by atoms with Gasteiger partial charge in [-0.25, -0.2) is 9.78 Å². The molecule has 0 aliphatic heterocycles. The van der Waals surface area contributed by atoms with Crippen LogP contribution in [0.1, 0.15) is 55.8 Å². The smallest absolute Gasteiger partial charge is 0.329 e. The maximum absolute atomic E-state index is 12.6. The summed E-state index contributed by atoms with van der Waals surface area (Å²) in [6, 6.07) is 3.66. The van der Waals surface area contributed by atoms with Gasteiger partial charge in [0.25, 0.3) is 11.5 Å². The van der Waals surface area contributed by atoms with Crippen molar-refractivity contribution in [3.8, 4) is 6.07 Å². The zero-order valence-electron chi connectivity index (χ0n) is 14.7. The number of nitriles is 1. The normalized spacial score (nSPS) is 16.2. The first kappa shape index (κ1) is 17.9. The van der Waals surface area contributed by atoms with Crippen LogP contribution < -0.4 is 16.6 Å². The average molecular weight is 355 g/mol. The molecular formula is C18H21N5O3. The number of carbonyl (C=O) groups excluding carboxylic acids is 1. The number of nitrogens with one attached hydrogen (secondary N) is 2. The number of aromatic nitrogens is 3. The second kappa shape index (κ2) is 7.12. The monoisotopic (exact) mass is 355 g/mol. The van der Waals surface area contributed by atoms with E-state index in [-0.39, 0.29) is 16.6 Å². The topological polar surface area (TPSA) is 121 Å². The van der Waals surface area contributed by atoms with Gasteiger partial charge in [-0.05, 0) is 25.3 Å². The van der Waals surface area contributed by atoms with E-state index in [9.17, 15) is 19.6 Å². The highest BCUT2D eigenvalue weighted by Crippen LogP contribution is 2.28. The summed E-state index contributed by atoms with van der Waals surface area (Å²) in [7, 11) is 0. The van der Waals surface area contributed by atoms with Crippen LogP contribution in [-0.2, 0) is 6.54 Å². The molecule has 0 spiro atoms. The van der Waals surface area contributed by atoms with Crippen LogP contribution in [0.2, 0.25) is 0 Å². The fourth-order valence-electron chi connectivity index (χ4n) is 3.43. The first-order valence-corrected chi connectivity index (χ1v) is 8.86. The summed E-state index contributed by atoms with van der Waals surface area (Å²) in [5, 5.41) is 12.5. The quantitative estimate of drug-likeness (QED) is 0.860. The SMILES string of the molecule is CCCn1c(=O)[nH]c(=O)c2cc(C(=O)NC3(C#N)CCCCC3)cnc21. The molecule has 2 heterocycles. The summed E-state index contributed by atoms with van der Waals surface area (Å²) in [5.41, 5.74) is -1.50. The third-order valence-electron chi connectivity index (χ3n) is 4.82. The highest BCUT2D eigenvalue weighted by Gasteiger charge is 2.34. The van der Waals surface area contributed by atoms with E-state index in [1.165, 1.54) is 16.8 Å². The minimum atomic E-state index is -0.863. The van der Waals surface area contributed by atoms with Crippen LogP contribution in [0.3, 0.4) is 0 Å². The van der Waals surface area contributed by atoms with Gasteiger partial charge in [0.05, 0.1) is 17.0 Å². The molecule has 2 N–H and O–H groups in total. The first-order valence-electron chi connectivity index (χ1n) is 8.86. The van der Waals surface area contributed by atoms with Gasteiger partial charge in [0.15, 0.2) is 0 Å². The van der Waals surface area contributed by atoms with Crippen molar-refractivity contribution in [3.63, 3.8) is 0 Å². The van der Waals surface area contributed by atoms with Gasteiger partial charge in [0.1, 0.15) is 11.2 Å². The lowest BCUT2D eigenvalue weighted by Crippen LogP contribution is -2.48. The molecule has 1 saturated carbocycles. The third kappa shape index (κ3) is 3.25. The van der Waals surface area contributed by atoms with Crippen LogP contribution in [0.15, 0.2) is 21.9 Å². The molecule has 3 rings (SSSR count).